The third-order valence-corrected chi connectivity index (χ3v) is 3.01. The molecule has 0 aliphatic carbocycles. The van der Waals surface area contributed by atoms with Gasteiger partial charge in [-0.3, -0.25) is 14.9 Å². The van der Waals surface area contributed by atoms with Crippen molar-refractivity contribution in [2.75, 3.05) is 0 Å². The Morgan fingerprint density at radius 2 is 2.00 bits per heavy atom. The zero-order chi connectivity index (χ0) is 15.1. The van der Waals surface area contributed by atoms with Gasteiger partial charge in [0.15, 0.2) is 0 Å². The summed E-state index contributed by atoms with van der Waals surface area (Å²) in [5.74, 6) is -1.70. The second-order valence-electron chi connectivity index (χ2n) is 4.19. The van der Waals surface area contributed by atoms with Crippen molar-refractivity contribution < 1.29 is 19.5 Å². The molecule has 0 saturated heterocycles. The minimum absolute atomic E-state index is 0.228. The molecule has 1 aromatic rings. The first kappa shape index (κ1) is 16.2. The second-order valence-corrected chi connectivity index (χ2v) is 5.11. The van der Waals surface area contributed by atoms with Gasteiger partial charge in [0.25, 0.3) is 0 Å². The number of carbonyl (C=O) groups is 3. The van der Waals surface area contributed by atoms with Crippen LogP contribution in [0.1, 0.15) is 31.4 Å². The number of carboxylic acids is 1. The predicted molar refractivity (Wildman–Crippen MR) is 76.1 cm³/mol. The molecule has 7 heteroatoms. The van der Waals surface area contributed by atoms with Crippen molar-refractivity contribution in [1.29, 1.82) is 0 Å². The monoisotopic (exact) mass is 342 g/mol. The zero-order valence-electron chi connectivity index (χ0n) is 10.9. The Labute approximate surface area is 124 Å². The van der Waals surface area contributed by atoms with Gasteiger partial charge in [0.05, 0.1) is 12.5 Å². The minimum atomic E-state index is -1.08. The highest BCUT2D eigenvalue weighted by Gasteiger charge is 2.13. The van der Waals surface area contributed by atoms with Crippen molar-refractivity contribution >= 4 is 33.8 Å². The largest absolute Gasteiger partial charge is 0.481 e. The van der Waals surface area contributed by atoms with Crippen LogP contribution in [-0.4, -0.2) is 23.0 Å². The number of rotatable bonds is 5. The number of nitrogens with one attached hydrogen (secondary N) is 2. The lowest BCUT2D eigenvalue weighted by Crippen LogP contribution is -2.40. The number of benzene rings is 1. The SMILES string of the molecule is CC(NC(=O)NC(=O)CCC(=O)O)c1cccc(Br)c1. The van der Waals surface area contributed by atoms with Crippen molar-refractivity contribution in [2.24, 2.45) is 0 Å². The summed E-state index contributed by atoms with van der Waals surface area (Å²) >= 11 is 3.33. The Morgan fingerprint density at radius 1 is 1.30 bits per heavy atom. The van der Waals surface area contributed by atoms with E-state index in [9.17, 15) is 14.4 Å². The van der Waals surface area contributed by atoms with Crippen LogP contribution in [0, 0.1) is 0 Å². The maximum absolute atomic E-state index is 11.6. The molecule has 0 saturated carbocycles. The van der Waals surface area contributed by atoms with E-state index in [-0.39, 0.29) is 18.9 Å². The molecule has 0 heterocycles. The van der Waals surface area contributed by atoms with Crippen molar-refractivity contribution in [3.63, 3.8) is 0 Å². The number of aliphatic carboxylic acids is 1. The van der Waals surface area contributed by atoms with Gasteiger partial charge in [-0.1, -0.05) is 28.1 Å². The first-order valence-corrected chi connectivity index (χ1v) is 6.75. The fraction of sp³-hybridized carbons (Fsp3) is 0.308. The van der Waals surface area contributed by atoms with E-state index in [2.05, 4.69) is 26.6 Å². The molecule has 0 bridgehead atoms. The molecule has 0 aliphatic heterocycles. The first-order valence-electron chi connectivity index (χ1n) is 5.96. The van der Waals surface area contributed by atoms with E-state index in [4.69, 9.17) is 5.11 Å². The molecular weight excluding hydrogens is 328 g/mol. The molecule has 3 N–H and O–H groups in total. The van der Waals surface area contributed by atoms with Crippen molar-refractivity contribution in [3.8, 4) is 0 Å². The summed E-state index contributed by atoms with van der Waals surface area (Å²) in [6.07, 6.45) is -0.533. The topological polar surface area (TPSA) is 95.5 Å². The van der Waals surface area contributed by atoms with Crippen LogP contribution in [0.2, 0.25) is 0 Å². The Balaban J connectivity index is 2.45. The molecule has 0 aromatic heterocycles. The van der Waals surface area contributed by atoms with Crippen LogP contribution in [0.4, 0.5) is 4.79 Å². The number of halogens is 1. The lowest BCUT2D eigenvalue weighted by Gasteiger charge is -2.14. The lowest BCUT2D eigenvalue weighted by atomic mass is 10.1. The zero-order valence-corrected chi connectivity index (χ0v) is 12.4. The fourth-order valence-corrected chi connectivity index (χ4v) is 1.92. The molecular formula is C13H15BrN2O4. The smallest absolute Gasteiger partial charge is 0.321 e. The molecule has 3 amide bonds. The van der Waals surface area contributed by atoms with Crippen LogP contribution in [0.25, 0.3) is 0 Å². The fourth-order valence-electron chi connectivity index (χ4n) is 1.50. The number of imide groups is 1. The number of hydrogen-bond donors (Lipinski definition) is 3. The molecule has 108 valence electrons. The average Bonchev–Trinajstić information content (AvgIpc) is 2.36. The molecule has 0 fully saturated rings. The summed E-state index contributed by atoms with van der Waals surface area (Å²) in [5.41, 5.74) is 0.882. The van der Waals surface area contributed by atoms with E-state index >= 15 is 0 Å². The molecule has 0 spiro atoms. The van der Waals surface area contributed by atoms with E-state index < -0.39 is 17.9 Å². The molecule has 1 atom stereocenters. The summed E-state index contributed by atoms with van der Waals surface area (Å²) in [6.45, 7) is 1.78. The molecule has 1 unspecified atom stereocenters. The van der Waals surface area contributed by atoms with Gasteiger partial charge in [-0.05, 0) is 24.6 Å². The highest BCUT2D eigenvalue weighted by atomic mass is 79.9. The van der Waals surface area contributed by atoms with Crippen LogP contribution in [0.5, 0.6) is 0 Å². The van der Waals surface area contributed by atoms with Gasteiger partial charge >= 0.3 is 12.0 Å². The normalized spacial score (nSPS) is 11.5. The van der Waals surface area contributed by atoms with Gasteiger partial charge in [0.1, 0.15) is 0 Å². The maximum Gasteiger partial charge on any atom is 0.321 e. The molecule has 20 heavy (non-hydrogen) atoms. The van der Waals surface area contributed by atoms with Gasteiger partial charge in [-0.15, -0.1) is 0 Å². The van der Waals surface area contributed by atoms with Crippen LogP contribution in [0.3, 0.4) is 0 Å². The molecule has 0 radical (unpaired) electrons. The van der Waals surface area contributed by atoms with E-state index in [1.54, 1.807) is 6.92 Å². The number of carbonyl (C=O) groups excluding carboxylic acids is 2. The highest BCUT2D eigenvalue weighted by molar-refractivity contribution is 9.10. The van der Waals surface area contributed by atoms with Crippen molar-refractivity contribution in [3.05, 3.63) is 34.3 Å². The predicted octanol–water partition coefficient (Wildman–Crippen LogP) is 2.20. The molecule has 0 aliphatic rings. The Kier molecular flexibility index (Phi) is 6.17. The number of amides is 3. The maximum atomic E-state index is 11.6. The van der Waals surface area contributed by atoms with Gasteiger partial charge in [-0.25, -0.2) is 4.79 Å². The van der Waals surface area contributed by atoms with Crippen LogP contribution >= 0.6 is 15.9 Å². The average molecular weight is 343 g/mol. The second kappa shape index (κ2) is 7.64. The van der Waals surface area contributed by atoms with Crippen molar-refractivity contribution in [1.82, 2.24) is 10.6 Å². The standard InChI is InChI=1S/C13H15BrN2O4/c1-8(9-3-2-4-10(14)7-9)15-13(20)16-11(17)5-6-12(18)19/h2-4,7-8H,5-6H2,1H3,(H,18,19)(H2,15,16,17,20). The van der Waals surface area contributed by atoms with E-state index in [1.807, 2.05) is 24.3 Å². The van der Waals surface area contributed by atoms with Crippen LogP contribution in [0.15, 0.2) is 28.7 Å². The summed E-state index contributed by atoms with van der Waals surface area (Å²) < 4.78 is 0.890. The van der Waals surface area contributed by atoms with Gasteiger partial charge in [-0.2, -0.15) is 0 Å². The van der Waals surface area contributed by atoms with Gasteiger partial charge in [0, 0.05) is 10.9 Å². The van der Waals surface area contributed by atoms with Gasteiger partial charge in [0.2, 0.25) is 5.91 Å². The summed E-state index contributed by atoms with van der Waals surface area (Å²) in [5, 5.41) is 13.1. The van der Waals surface area contributed by atoms with Crippen LogP contribution < -0.4 is 10.6 Å². The molecule has 1 rings (SSSR count). The third-order valence-electron chi connectivity index (χ3n) is 2.52. The Morgan fingerprint density at radius 3 is 2.60 bits per heavy atom. The molecule has 6 nitrogen and oxygen atoms in total. The Hall–Kier alpha value is -1.89. The molecule has 1 aromatic carbocycles. The van der Waals surface area contributed by atoms with E-state index in [1.165, 1.54) is 0 Å². The van der Waals surface area contributed by atoms with Gasteiger partial charge < -0.3 is 10.4 Å². The number of carboxylic acid groups (broad SMARTS) is 1. The summed E-state index contributed by atoms with van der Waals surface area (Å²) in [4.78, 5) is 33.2. The summed E-state index contributed by atoms with van der Waals surface area (Å²) in [6, 6.07) is 6.49. The summed E-state index contributed by atoms with van der Waals surface area (Å²) in [7, 11) is 0. The number of urea groups is 1. The number of hydrogen-bond acceptors (Lipinski definition) is 3. The third kappa shape index (κ3) is 5.83. The first-order chi connectivity index (χ1) is 9.38. The quantitative estimate of drug-likeness (QED) is 0.764. The highest BCUT2D eigenvalue weighted by Crippen LogP contribution is 2.17. The minimum Gasteiger partial charge on any atom is -0.481 e. The lowest BCUT2D eigenvalue weighted by molar-refractivity contribution is -0.138. The van der Waals surface area contributed by atoms with Crippen molar-refractivity contribution in [2.45, 2.75) is 25.8 Å². The van der Waals surface area contributed by atoms with Crippen LogP contribution in [-0.2, 0) is 9.59 Å². The van der Waals surface area contributed by atoms with E-state index in [0.717, 1.165) is 10.0 Å². The Bertz CT molecular complexity index is 519. The van der Waals surface area contributed by atoms with E-state index in [0.29, 0.717) is 0 Å².